The number of Topliss-reactive ketones (excluding diaryl/α,β-unsaturated/α-hetero) is 1. The van der Waals surface area contributed by atoms with Crippen molar-refractivity contribution in [2.75, 3.05) is 44.5 Å². The molecule has 8 nitrogen and oxygen atoms in total. The fourth-order valence-electron chi connectivity index (χ4n) is 5.33. The van der Waals surface area contributed by atoms with Crippen LogP contribution in [0.1, 0.15) is 48.0 Å². The van der Waals surface area contributed by atoms with Gasteiger partial charge in [0, 0.05) is 19.2 Å². The number of piperidine rings is 1. The average molecular weight is 497 g/mol. The SMILES string of the molecule is CCOC(=O)C[C@H](c1ccc(F)cc1)C1CCN(CN2C(=O)C(=O)c3cc4c(cc32)OCCO4)CC1. The lowest BCUT2D eigenvalue weighted by Crippen LogP contribution is -2.45. The molecule has 0 spiro atoms. The van der Waals surface area contributed by atoms with E-state index in [0.29, 0.717) is 62.3 Å². The van der Waals surface area contributed by atoms with E-state index in [1.165, 1.54) is 17.0 Å². The number of halogens is 1. The number of carbonyl (C=O) groups excluding carboxylic acids is 3. The number of fused-ring (bicyclic) bond motifs is 2. The summed E-state index contributed by atoms with van der Waals surface area (Å²) in [5.74, 6) is -0.523. The zero-order valence-electron chi connectivity index (χ0n) is 20.2. The third-order valence-corrected chi connectivity index (χ3v) is 7.17. The van der Waals surface area contributed by atoms with E-state index in [1.54, 1.807) is 31.2 Å². The lowest BCUT2D eigenvalue weighted by molar-refractivity contribution is -0.144. The van der Waals surface area contributed by atoms with Gasteiger partial charge < -0.3 is 14.2 Å². The van der Waals surface area contributed by atoms with Crippen LogP contribution >= 0.6 is 0 Å². The molecule has 9 heteroatoms. The molecule has 190 valence electrons. The highest BCUT2D eigenvalue weighted by Gasteiger charge is 2.39. The first-order valence-corrected chi connectivity index (χ1v) is 12.4. The molecular formula is C27H29FN2O6. The molecular weight excluding hydrogens is 467 g/mol. The van der Waals surface area contributed by atoms with Gasteiger partial charge in [0.05, 0.1) is 30.9 Å². The van der Waals surface area contributed by atoms with Crippen molar-refractivity contribution in [1.29, 1.82) is 0 Å². The number of nitrogens with zero attached hydrogens (tertiary/aromatic N) is 2. The van der Waals surface area contributed by atoms with Crippen molar-refractivity contribution in [2.24, 2.45) is 5.92 Å². The molecule has 2 aromatic carbocycles. The lowest BCUT2D eigenvalue weighted by atomic mass is 9.78. The number of amides is 1. The predicted molar refractivity (Wildman–Crippen MR) is 129 cm³/mol. The van der Waals surface area contributed by atoms with E-state index in [1.807, 2.05) is 0 Å². The fourth-order valence-corrected chi connectivity index (χ4v) is 5.33. The summed E-state index contributed by atoms with van der Waals surface area (Å²) in [7, 11) is 0. The summed E-state index contributed by atoms with van der Waals surface area (Å²) in [5.41, 5.74) is 1.80. The number of anilines is 1. The topological polar surface area (TPSA) is 85.4 Å². The van der Waals surface area contributed by atoms with E-state index in [0.717, 1.165) is 18.4 Å². The van der Waals surface area contributed by atoms with Gasteiger partial charge >= 0.3 is 11.9 Å². The zero-order chi connectivity index (χ0) is 25.2. The normalized spacial score (nSPS) is 18.8. The molecule has 3 aliphatic rings. The van der Waals surface area contributed by atoms with Crippen molar-refractivity contribution in [1.82, 2.24) is 4.90 Å². The Morgan fingerprint density at radius 1 is 1.08 bits per heavy atom. The van der Waals surface area contributed by atoms with Crippen LogP contribution in [0.4, 0.5) is 10.1 Å². The van der Waals surface area contributed by atoms with E-state index in [9.17, 15) is 18.8 Å². The maximum absolute atomic E-state index is 13.5. The van der Waals surface area contributed by atoms with Gasteiger partial charge in [-0.15, -0.1) is 0 Å². The molecule has 1 amide bonds. The Kier molecular flexibility index (Phi) is 6.91. The van der Waals surface area contributed by atoms with Gasteiger partial charge in [0.1, 0.15) is 19.0 Å². The quantitative estimate of drug-likeness (QED) is 0.428. The van der Waals surface area contributed by atoms with E-state index in [-0.39, 0.29) is 30.0 Å². The second kappa shape index (κ2) is 10.3. The minimum absolute atomic E-state index is 0.0776. The van der Waals surface area contributed by atoms with Gasteiger partial charge in [0.2, 0.25) is 0 Å². The summed E-state index contributed by atoms with van der Waals surface area (Å²) in [6.45, 7) is 4.61. The van der Waals surface area contributed by atoms with E-state index in [2.05, 4.69) is 4.90 Å². The number of hydrogen-bond donors (Lipinski definition) is 0. The van der Waals surface area contributed by atoms with Crippen molar-refractivity contribution >= 4 is 23.3 Å². The standard InChI is InChI=1S/C27H29FN2O6/c1-2-34-25(31)14-20(17-3-5-19(28)6-4-17)18-7-9-29(10-8-18)16-30-22-15-24-23(35-11-12-36-24)13-21(22)26(32)27(30)33/h3-6,13,15,18,20H,2,7-12,14,16H2,1H3/t20-/m1/s1. The van der Waals surface area contributed by atoms with E-state index >= 15 is 0 Å². The van der Waals surface area contributed by atoms with Gasteiger partial charge in [-0.3, -0.25) is 24.2 Å². The summed E-state index contributed by atoms with van der Waals surface area (Å²) in [4.78, 5) is 41.4. The maximum Gasteiger partial charge on any atom is 0.306 e. The van der Waals surface area contributed by atoms with Crippen molar-refractivity contribution in [3.05, 3.63) is 53.3 Å². The van der Waals surface area contributed by atoms with Crippen LogP contribution in [-0.4, -0.2) is 62.1 Å². The largest absolute Gasteiger partial charge is 0.486 e. The van der Waals surface area contributed by atoms with Gasteiger partial charge in [-0.25, -0.2) is 4.39 Å². The van der Waals surface area contributed by atoms with Crippen LogP contribution in [0.25, 0.3) is 0 Å². The van der Waals surface area contributed by atoms with Crippen LogP contribution in [0.5, 0.6) is 11.5 Å². The van der Waals surface area contributed by atoms with Crippen LogP contribution < -0.4 is 14.4 Å². The van der Waals surface area contributed by atoms with Crippen molar-refractivity contribution < 1.29 is 33.0 Å². The van der Waals surface area contributed by atoms with Crippen LogP contribution in [0.2, 0.25) is 0 Å². The molecule has 1 atom stereocenters. The number of likely N-dealkylation sites (tertiary alicyclic amines) is 1. The number of ether oxygens (including phenoxy) is 3. The van der Waals surface area contributed by atoms with Crippen LogP contribution in [0.15, 0.2) is 36.4 Å². The van der Waals surface area contributed by atoms with Crippen LogP contribution in [0, 0.1) is 11.7 Å². The third-order valence-electron chi connectivity index (χ3n) is 7.17. The Morgan fingerprint density at radius 2 is 1.75 bits per heavy atom. The molecule has 3 heterocycles. The maximum atomic E-state index is 13.5. The van der Waals surface area contributed by atoms with E-state index in [4.69, 9.17) is 14.2 Å². The first-order chi connectivity index (χ1) is 17.4. The number of rotatable bonds is 7. The van der Waals surface area contributed by atoms with Crippen molar-refractivity contribution in [2.45, 2.75) is 32.1 Å². The highest BCUT2D eigenvalue weighted by molar-refractivity contribution is 6.52. The Hall–Kier alpha value is -3.46. The molecule has 1 fully saturated rings. The highest BCUT2D eigenvalue weighted by Crippen LogP contribution is 2.41. The number of benzene rings is 2. The van der Waals surface area contributed by atoms with Gasteiger partial charge in [-0.1, -0.05) is 12.1 Å². The number of ketones is 1. The summed E-state index contributed by atoms with van der Waals surface area (Å²) >= 11 is 0. The minimum Gasteiger partial charge on any atom is -0.486 e. The first kappa shape index (κ1) is 24.2. The van der Waals surface area contributed by atoms with Gasteiger partial charge in [-0.05, 0) is 55.4 Å². The molecule has 1 saturated heterocycles. The Morgan fingerprint density at radius 3 is 2.42 bits per heavy atom. The molecule has 0 unspecified atom stereocenters. The molecule has 0 aliphatic carbocycles. The molecule has 0 radical (unpaired) electrons. The Labute approximate surface area is 208 Å². The van der Waals surface area contributed by atoms with Crippen LogP contribution in [0.3, 0.4) is 0 Å². The molecule has 0 bridgehead atoms. The number of hydrogen-bond acceptors (Lipinski definition) is 7. The number of esters is 1. The number of carbonyl (C=O) groups is 3. The molecule has 0 aromatic heterocycles. The minimum atomic E-state index is -0.555. The van der Waals surface area contributed by atoms with Crippen LogP contribution in [-0.2, 0) is 14.3 Å². The highest BCUT2D eigenvalue weighted by atomic mass is 19.1. The molecule has 0 saturated carbocycles. The summed E-state index contributed by atoms with van der Waals surface area (Å²) in [6, 6.07) is 9.63. The molecule has 3 aliphatic heterocycles. The van der Waals surface area contributed by atoms with Gasteiger partial charge in [0.25, 0.3) is 5.78 Å². The Bertz CT molecular complexity index is 1160. The van der Waals surface area contributed by atoms with Crippen molar-refractivity contribution in [3.8, 4) is 11.5 Å². The molecule has 36 heavy (non-hydrogen) atoms. The second-order valence-electron chi connectivity index (χ2n) is 9.34. The summed E-state index contributed by atoms with van der Waals surface area (Å²) in [6.07, 6.45) is 1.83. The fraction of sp³-hybridized carbons (Fsp3) is 0.444. The summed E-state index contributed by atoms with van der Waals surface area (Å²) < 4.78 is 29.9. The molecule has 2 aromatic rings. The Balaban J connectivity index is 1.28. The van der Waals surface area contributed by atoms with E-state index < -0.39 is 11.7 Å². The smallest absolute Gasteiger partial charge is 0.306 e. The molecule has 5 rings (SSSR count). The predicted octanol–water partition coefficient (Wildman–Crippen LogP) is 3.53. The second-order valence-corrected chi connectivity index (χ2v) is 9.34. The van der Waals surface area contributed by atoms with Gasteiger partial charge in [0.15, 0.2) is 11.5 Å². The monoisotopic (exact) mass is 496 g/mol. The van der Waals surface area contributed by atoms with Gasteiger partial charge in [-0.2, -0.15) is 0 Å². The average Bonchev–Trinajstić information content (AvgIpc) is 3.11. The van der Waals surface area contributed by atoms with Crippen molar-refractivity contribution in [3.63, 3.8) is 0 Å². The third kappa shape index (κ3) is 4.80. The lowest BCUT2D eigenvalue weighted by Gasteiger charge is -2.37. The zero-order valence-corrected chi connectivity index (χ0v) is 20.2. The first-order valence-electron chi connectivity index (χ1n) is 12.4. The molecule has 0 N–H and O–H groups in total. The summed E-state index contributed by atoms with van der Waals surface area (Å²) in [5, 5.41) is 0.